The lowest BCUT2D eigenvalue weighted by Gasteiger charge is -2.46. The molecule has 2 heterocycles. The maximum absolute atomic E-state index is 14.0. The minimum absolute atomic E-state index is 0.0524. The molecule has 5 rings (SSSR count). The van der Waals surface area contributed by atoms with Crippen LogP contribution in [0.1, 0.15) is 84.1 Å². The zero-order chi connectivity index (χ0) is 29.1. The van der Waals surface area contributed by atoms with E-state index in [0.29, 0.717) is 56.8 Å². The molecule has 2 bridgehead atoms. The molecule has 2 saturated carbocycles. The lowest BCUT2D eigenvalue weighted by atomic mass is 9.63. The van der Waals surface area contributed by atoms with Gasteiger partial charge in [-0.2, -0.15) is 0 Å². The van der Waals surface area contributed by atoms with Gasteiger partial charge >= 0.3 is 5.97 Å². The fourth-order valence-electron chi connectivity index (χ4n) is 8.33. The number of likely N-dealkylation sites (tertiary alicyclic amines) is 2. The van der Waals surface area contributed by atoms with Crippen molar-refractivity contribution in [1.29, 1.82) is 0 Å². The van der Waals surface area contributed by atoms with Crippen molar-refractivity contribution in [3.05, 3.63) is 35.6 Å². The smallest absolute Gasteiger partial charge is 0.312 e. The van der Waals surface area contributed by atoms with Crippen LogP contribution in [0.2, 0.25) is 0 Å². The summed E-state index contributed by atoms with van der Waals surface area (Å²) in [4.78, 5) is 45.3. The standard InChI is InChI=1S/C33H48FN3O4/c1-4-41-32(40)33(25-8-6-5-7-9-25)14-16-36(17-15-33)31(39)28(19-23-10-12-26(34)13-11-23)35-30(38)27-18-24-20-29(27)37(21-24)22(2)3/h10-13,22,24-25,27-29H,4-9,14-21H2,1-3H3,(H,35,38)/t24-,27+,28+,29-/m0/s1. The van der Waals surface area contributed by atoms with Crippen molar-refractivity contribution in [2.75, 3.05) is 26.2 Å². The number of benzene rings is 1. The summed E-state index contributed by atoms with van der Waals surface area (Å²) in [5.74, 6) is 0.0951. The molecule has 2 amide bonds. The second kappa shape index (κ2) is 12.8. The number of ether oxygens (including phenoxy) is 1. The van der Waals surface area contributed by atoms with E-state index in [0.717, 1.165) is 50.6 Å². The van der Waals surface area contributed by atoms with Crippen LogP contribution < -0.4 is 5.32 Å². The van der Waals surface area contributed by atoms with Crippen molar-refractivity contribution in [3.63, 3.8) is 0 Å². The molecule has 8 heteroatoms. The number of hydrogen-bond donors (Lipinski definition) is 1. The zero-order valence-corrected chi connectivity index (χ0v) is 25.1. The van der Waals surface area contributed by atoms with E-state index in [1.165, 1.54) is 18.6 Å². The number of nitrogens with one attached hydrogen (secondary N) is 1. The predicted octanol–water partition coefficient (Wildman–Crippen LogP) is 4.72. The fourth-order valence-corrected chi connectivity index (χ4v) is 8.33. The van der Waals surface area contributed by atoms with Crippen LogP contribution in [0, 0.1) is 29.0 Å². The maximum atomic E-state index is 14.0. The highest BCUT2D eigenvalue weighted by molar-refractivity contribution is 5.89. The first-order chi connectivity index (χ1) is 19.7. The minimum Gasteiger partial charge on any atom is -0.466 e. The molecule has 0 aromatic heterocycles. The van der Waals surface area contributed by atoms with Gasteiger partial charge in [-0.1, -0.05) is 31.4 Å². The Bertz CT molecular complexity index is 1080. The molecule has 226 valence electrons. The Hall–Kier alpha value is -2.48. The molecule has 1 aromatic rings. The van der Waals surface area contributed by atoms with Gasteiger partial charge in [0.05, 0.1) is 17.9 Å². The normalized spacial score (nSPS) is 27.1. The van der Waals surface area contributed by atoms with Crippen molar-refractivity contribution in [2.45, 2.75) is 103 Å². The number of halogens is 1. The highest BCUT2D eigenvalue weighted by Crippen LogP contribution is 2.47. The number of carbonyl (C=O) groups is 3. The van der Waals surface area contributed by atoms with Crippen LogP contribution in [-0.4, -0.2) is 72.0 Å². The Morgan fingerprint density at radius 2 is 1.73 bits per heavy atom. The molecular weight excluding hydrogens is 521 g/mol. The zero-order valence-electron chi connectivity index (χ0n) is 25.1. The van der Waals surface area contributed by atoms with Crippen LogP contribution in [0.15, 0.2) is 24.3 Å². The predicted molar refractivity (Wildman–Crippen MR) is 155 cm³/mol. The Balaban J connectivity index is 1.31. The highest BCUT2D eigenvalue weighted by Gasteiger charge is 2.51. The number of piperidine rings is 2. The lowest BCUT2D eigenvalue weighted by molar-refractivity contribution is -0.166. The van der Waals surface area contributed by atoms with Gasteiger partial charge in [-0.15, -0.1) is 0 Å². The molecule has 41 heavy (non-hydrogen) atoms. The van der Waals surface area contributed by atoms with E-state index in [1.807, 2.05) is 11.8 Å². The van der Waals surface area contributed by atoms with Gasteiger partial charge < -0.3 is 15.0 Å². The summed E-state index contributed by atoms with van der Waals surface area (Å²) in [7, 11) is 0. The number of carbonyl (C=O) groups excluding carboxylic acids is 3. The summed E-state index contributed by atoms with van der Waals surface area (Å²) in [5.41, 5.74) is 0.272. The molecule has 0 radical (unpaired) electrons. The second-order valence-corrected chi connectivity index (χ2v) is 13.2. The second-order valence-electron chi connectivity index (χ2n) is 13.2. The van der Waals surface area contributed by atoms with Crippen molar-refractivity contribution in [1.82, 2.24) is 15.1 Å². The van der Waals surface area contributed by atoms with Crippen LogP contribution in [0.4, 0.5) is 4.39 Å². The molecule has 4 fully saturated rings. The van der Waals surface area contributed by atoms with Gasteiger partial charge in [0.1, 0.15) is 11.9 Å². The molecule has 1 aromatic carbocycles. The van der Waals surface area contributed by atoms with Crippen molar-refractivity contribution in [2.24, 2.45) is 23.2 Å². The first kappa shape index (κ1) is 30.0. The number of fused-ring (bicyclic) bond motifs is 2. The van der Waals surface area contributed by atoms with Crippen LogP contribution in [-0.2, 0) is 25.5 Å². The first-order valence-electron chi connectivity index (χ1n) is 16.0. The topological polar surface area (TPSA) is 79.0 Å². The Labute approximate surface area is 244 Å². The third kappa shape index (κ3) is 6.32. The van der Waals surface area contributed by atoms with Crippen molar-refractivity contribution >= 4 is 17.8 Å². The Morgan fingerprint density at radius 1 is 1.05 bits per heavy atom. The van der Waals surface area contributed by atoms with Crippen LogP contribution in [0.5, 0.6) is 0 Å². The van der Waals surface area contributed by atoms with Gasteiger partial charge in [0.15, 0.2) is 0 Å². The van der Waals surface area contributed by atoms with Gasteiger partial charge in [-0.3, -0.25) is 19.3 Å². The van der Waals surface area contributed by atoms with E-state index >= 15 is 0 Å². The number of nitrogens with zero attached hydrogens (tertiary/aromatic N) is 2. The Kier molecular flexibility index (Phi) is 9.37. The fraction of sp³-hybridized carbons (Fsp3) is 0.727. The van der Waals surface area contributed by atoms with Gasteiger partial charge in [0.25, 0.3) is 0 Å². The monoisotopic (exact) mass is 569 g/mol. The molecule has 0 unspecified atom stereocenters. The molecule has 0 spiro atoms. The largest absolute Gasteiger partial charge is 0.466 e. The third-order valence-electron chi connectivity index (χ3n) is 10.5. The van der Waals surface area contributed by atoms with Gasteiger partial charge in [0, 0.05) is 38.1 Å². The van der Waals surface area contributed by atoms with Gasteiger partial charge in [-0.25, -0.2) is 4.39 Å². The highest BCUT2D eigenvalue weighted by atomic mass is 19.1. The SMILES string of the molecule is CCOC(=O)C1(C2CCCCC2)CCN(C(=O)[C@@H](Cc2ccc(F)cc2)NC(=O)[C@@H]2C[C@H]3C[C@@H]2N(C(C)C)C3)CC1. The summed E-state index contributed by atoms with van der Waals surface area (Å²) in [6, 6.07) is 6.04. The van der Waals surface area contributed by atoms with E-state index in [2.05, 4.69) is 24.1 Å². The molecule has 2 aliphatic heterocycles. The van der Waals surface area contributed by atoms with E-state index in [9.17, 15) is 18.8 Å². The molecular formula is C33H48FN3O4. The van der Waals surface area contributed by atoms with Crippen LogP contribution in [0.25, 0.3) is 0 Å². The van der Waals surface area contributed by atoms with Crippen LogP contribution in [0.3, 0.4) is 0 Å². The number of hydrogen-bond acceptors (Lipinski definition) is 5. The molecule has 4 aliphatic rings. The molecule has 4 atom stereocenters. The first-order valence-corrected chi connectivity index (χ1v) is 16.0. The summed E-state index contributed by atoms with van der Waals surface area (Å²) < 4.78 is 19.2. The quantitative estimate of drug-likeness (QED) is 0.436. The van der Waals surface area contributed by atoms with E-state index < -0.39 is 11.5 Å². The van der Waals surface area contributed by atoms with E-state index in [-0.39, 0.29) is 35.6 Å². The summed E-state index contributed by atoms with van der Waals surface area (Å²) >= 11 is 0. The molecule has 2 aliphatic carbocycles. The van der Waals surface area contributed by atoms with Gasteiger partial charge in [-0.05, 0) is 88.8 Å². The molecule has 1 N–H and O–H groups in total. The lowest BCUT2D eigenvalue weighted by Crippen LogP contribution is -2.57. The number of rotatable bonds is 9. The average molecular weight is 570 g/mol. The van der Waals surface area contributed by atoms with Crippen molar-refractivity contribution in [3.8, 4) is 0 Å². The average Bonchev–Trinajstić information content (AvgIpc) is 3.60. The number of esters is 1. The maximum Gasteiger partial charge on any atom is 0.312 e. The molecule has 7 nitrogen and oxygen atoms in total. The van der Waals surface area contributed by atoms with Crippen LogP contribution >= 0.6 is 0 Å². The van der Waals surface area contributed by atoms with E-state index in [4.69, 9.17) is 4.74 Å². The third-order valence-corrected chi connectivity index (χ3v) is 10.5. The number of amides is 2. The summed E-state index contributed by atoms with van der Waals surface area (Å²) in [6.45, 7) is 8.55. The Morgan fingerprint density at radius 3 is 2.34 bits per heavy atom. The van der Waals surface area contributed by atoms with Gasteiger partial charge in [0.2, 0.25) is 11.8 Å². The summed E-state index contributed by atoms with van der Waals surface area (Å²) in [6.07, 6.45) is 8.95. The minimum atomic E-state index is -0.732. The van der Waals surface area contributed by atoms with Crippen molar-refractivity contribution < 1.29 is 23.5 Å². The summed E-state index contributed by atoms with van der Waals surface area (Å²) in [5, 5.41) is 3.15. The molecule has 2 saturated heterocycles. The van der Waals surface area contributed by atoms with E-state index in [1.54, 1.807) is 12.1 Å².